The van der Waals surface area contributed by atoms with Crippen LogP contribution in [0.1, 0.15) is 23.6 Å². The van der Waals surface area contributed by atoms with Crippen LogP contribution in [-0.2, 0) is 0 Å². The Morgan fingerprint density at radius 3 is 2.35 bits per heavy atom. The first-order valence-corrected chi connectivity index (χ1v) is 6.59. The Morgan fingerprint density at radius 1 is 1.05 bits per heavy atom. The molecule has 0 amide bonds. The minimum atomic E-state index is -0.172. The Kier molecular flexibility index (Phi) is 4.46. The molecule has 0 saturated heterocycles. The van der Waals surface area contributed by atoms with Gasteiger partial charge in [0.2, 0.25) is 0 Å². The van der Waals surface area contributed by atoms with Crippen LogP contribution in [0.4, 0.5) is 4.39 Å². The minimum Gasteiger partial charge on any atom is -0.288 e. The quantitative estimate of drug-likeness (QED) is 0.717. The molecule has 0 heterocycles. The van der Waals surface area contributed by atoms with Crippen molar-refractivity contribution in [3.8, 4) is 0 Å². The summed E-state index contributed by atoms with van der Waals surface area (Å²) in [6.07, 6.45) is 2.03. The molecular weight excluding hydrogens is 249 g/mol. The lowest BCUT2D eigenvalue weighted by atomic mass is 10.0. The molecule has 0 aliphatic carbocycles. The van der Waals surface area contributed by atoms with Crippen LogP contribution in [0.2, 0.25) is 0 Å². The Morgan fingerprint density at radius 2 is 1.75 bits per heavy atom. The molecule has 0 fully saturated rings. The predicted octanol–water partition coefficient (Wildman–Crippen LogP) is 4.66. The van der Waals surface area contributed by atoms with Crippen molar-refractivity contribution in [3.05, 3.63) is 77.1 Å². The van der Waals surface area contributed by atoms with Crippen LogP contribution in [0.3, 0.4) is 0 Å². The third kappa shape index (κ3) is 3.21. The van der Waals surface area contributed by atoms with Gasteiger partial charge < -0.3 is 0 Å². The third-order valence-corrected chi connectivity index (χ3v) is 3.28. The van der Waals surface area contributed by atoms with E-state index in [2.05, 4.69) is 4.99 Å². The molecule has 0 aliphatic rings. The second-order valence-corrected chi connectivity index (χ2v) is 4.77. The highest BCUT2D eigenvalue weighted by Crippen LogP contribution is 2.18. The molecule has 0 saturated carbocycles. The van der Waals surface area contributed by atoms with Crippen LogP contribution >= 0.6 is 0 Å². The van der Waals surface area contributed by atoms with E-state index in [1.54, 1.807) is 20.0 Å². The summed E-state index contributed by atoms with van der Waals surface area (Å²) in [6, 6.07) is 15.2. The molecule has 0 radical (unpaired) electrons. The van der Waals surface area contributed by atoms with Gasteiger partial charge in [0.05, 0.1) is 5.71 Å². The van der Waals surface area contributed by atoms with Crippen LogP contribution in [0.15, 0.2) is 59.6 Å². The van der Waals surface area contributed by atoms with E-state index in [0.717, 1.165) is 22.4 Å². The summed E-state index contributed by atoms with van der Waals surface area (Å²) in [4.78, 5) is 4.33. The Hall–Kier alpha value is -2.22. The number of hydrogen-bond acceptors (Lipinski definition) is 1. The van der Waals surface area contributed by atoms with Gasteiger partial charge in [-0.3, -0.25) is 4.99 Å². The first kappa shape index (κ1) is 14.2. The van der Waals surface area contributed by atoms with E-state index >= 15 is 0 Å². The molecule has 0 unspecified atom stereocenters. The van der Waals surface area contributed by atoms with Crippen molar-refractivity contribution >= 4 is 11.3 Å². The van der Waals surface area contributed by atoms with Gasteiger partial charge in [-0.15, -0.1) is 0 Å². The highest BCUT2D eigenvalue weighted by molar-refractivity contribution is 6.12. The van der Waals surface area contributed by atoms with Gasteiger partial charge in [0.25, 0.3) is 0 Å². The summed E-state index contributed by atoms with van der Waals surface area (Å²) in [7, 11) is 1.78. The lowest BCUT2D eigenvalue weighted by Crippen LogP contribution is -1.97. The molecule has 0 bridgehead atoms. The van der Waals surface area contributed by atoms with Crippen molar-refractivity contribution in [2.45, 2.75) is 13.8 Å². The first-order valence-electron chi connectivity index (χ1n) is 6.59. The SMILES string of the molecule is CN=C(/C=C(\C)c1ccc(F)c(C)c1)c1ccccc1. The lowest BCUT2D eigenvalue weighted by Gasteiger charge is -2.06. The standard InChI is InChI=1S/C18H18FN/c1-13(16-9-10-17(19)14(2)11-16)12-18(20-3)15-7-5-4-6-8-15/h4-12H,1-3H3/b13-12+,20-18?. The number of rotatable bonds is 3. The van der Waals surface area contributed by atoms with E-state index in [1.807, 2.05) is 49.4 Å². The van der Waals surface area contributed by atoms with E-state index in [4.69, 9.17) is 0 Å². The number of halogens is 1. The Labute approximate surface area is 119 Å². The van der Waals surface area contributed by atoms with Gasteiger partial charge in [-0.25, -0.2) is 4.39 Å². The molecule has 2 rings (SSSR count). The molecule has 0 atom stereocenters. The molecular formula is C18H18FN. The first-order chi connectivity index (χ1) is 9.61. The van der Waals surface area contributed by atoms with Crippen LogP contribution < -0.4 is 0 Å². The summed E-state index contributed by atoms with van der Waals surface area (Å²) >= 11 is 0. The third-order valence-electron chi connectivity index (χ3n) is 3.28. The zero-order chi connectivity index (χ0) is 14.5. The molecule has 0 N–H and O–H groups in total. The maximum atomic E-state index is 13.3. The van der Waals surface area contributed by atoms with Crippen LogP contribution in [0.25, 0.3) is 5.57 Å². The van der Waals surface area contributed by atoms with E-state index in [1.165, 1.54) is 6.07 Å². The Balaban J connectivity index is 2.35. The van der Waals surface area contributed by atoms with Gasteiger partial charge >= 0.3 is 0 Å². The molecule has 0 spiro atoms. The van der Waals surface area contributed by atoms with Gasteiger partial charge in [-0.2, -0.15) is 0 Å². The fraction of sp³-hybridized carbons (Fsp3) is 0.167. The average Bonchev–Trinajstić information content (AvgIpc) is 2.48. The van der Waals surface area contributed by atoms with Crippen LogP contribution in [0.5, 0.6) is 0 Å². The maximum absolute atomic E-state index is 13.3. The monoisotopic (exact) mass is 267 g/mol. The largest absolute Gasteiger partial charge is 0.288 e. The maximum Gasteiger partial charge on any atom is 0.126 e. The van der Waals surface area contributed by atoms with Crippen LogP contribution in [0, 0.1) is 12.7 Å². The fourth-order valence-electron chi connectivity index (χ4n) is 2.06. The van der Waals surface area contributed by atoms with Gasteiger partial charge in [-0.05, 0) is 54.3 Å². The predicted molar refractivity (Wildman–Crippen MR) is 83.7 cm³/mol. The summed E-state index contributed by atoms with van der Waals surface area (Å²) < 4.78 is 13.3. The molecule has 102 valence electrons. The van der Waals surface area contributed by atoms with E-state index < -0.39 is 0 Å². The van der Waals surface area contributed by atoms with Gasteiger partial charge in [-0.1, -0.05) is 36.4 Å². The summed E-state index contributed by atoms with van der Waals surface area (Å²) in [5.74, 6) is -0.172. The molecule has 0 aromatic heterocycles. The Bertz CT molecular complexity index is 654. The lowest BCUT2D eigenvalue weighted by molar-refractivity contribution is 0.618. The highest BCUT2D eigenvalue weighted by atomic mass is 19.1. The van der Waals surface area contributed by atoms with E-state index in [9.17, 15) is 4.39 Å². The summed E-state index contributed by atoms with van der Waals surface area (Å²) in [6.45, 7) is 3.79. The van der Waals surface area contributed by atoms with Crippen molar-refractivity contribution in [3.63, 3.8) is 0 Å². The van der Waals surface area contributed by atoms with Crippen molar-refractivity contribution in [1.82, 2.24) is 0 Å². The smallest absolute Gasteiger partial charge is 0.126 e. The second kappa shape index (κ2) is 6.29. The molecule has 2 heteroatoms. The zero-order valence-electron chi connectivity index (χ0n) is 12.0. The van der Waals surface area contributed by atoms with Crippen molar-refractivity contribution in [2.24, 2.45) is 4.99 Å². The summed E-state index contributed by atoms with van der Waals surface area (Å²) in [5.41, 5.74) is 4.74. The number of aryl methyl sites for hydroxylation is 1. The second-order valence-electron chi connectivity index (χ2n) is 4.77. The van der Waals surface area contributed by atoms with Crippen molar-refractivity contribution < 1.29 is 4.39 Å². The summed E-state index contributed by atoms with van der Waals surface area (Å²) in [5, 5.41) is 0. The number of nitrogens with zero attached hydrogens (tertiary/aromatic N) is 1. The number of allylic oxidation sites excluding steroid dienone is 2. The average molecular weight is 267 g/mol. The molecule has 2 aromatic rings. The van der Waals surface area contributed by atoms with Gasteiger partial charge in [0, 0.05) is 7.05 Å². The topological polar surface area (TPSA) is 12.4 Å². The van der Waals surface area contributed by atoms with E-state index in [0.29, 0.717) is 5.56 Å². The van der Waals surface area contributed by atoms with E-state index in [-0.39, 0.29) is 5.82 Å². The molecule has 1 nitrogen and oxygen atoms in total. The van der Waals surface area contributed by atoms with Crippen molar-refractivity contribution in [1.29, 1.82) is 0 Å². The number of aliphatic imine (C=N–C) groups is 1. The van der Waals surface area contributed by atoms with Gasteiger partial charge in [0.15, 0.2) is 0 Å². The highest BCUT2D eigenvalue weighted by Gasteiger charge is 2.03. The number of hydrogen-bond donors (Lipinski definition) is 0. The van der Waals surface area contributed by atoms with Crippen molar-refractivity contribution in [2.75, 3.05) is 7.05 Å². The molecule has 2 aromatic carbocycles. The number of benzene rings is 2. The minimum absolute atomic E-state index is 0.172. The normalized spacial score (nSPS) is 12.6. The molecule has 20 heavy (non-hydrogen) atoms. The molecule has 0 aliphatic heterocycles. The fourth-order valence-corrected chi connectivity index (χ4v) is 2.06. The van der Waals surface area contributed by atoms with Gasteiger partial charge in [0.1, 0.15) is 5.82 Å². The van der Waals surface area contributed by atoms with Crippen LogP contribution in [-0.4, -0.2) is 12.8 Å². The zero-order valence-corrected chi connectivity index (χ0v) is 12.0.